The van der Waals surface area contributed by atoms with E-state index in [2.05, 4.69) is 20.6 Å². The van der Waals surface area contributed by atoms with Crippen LogP contribution >= 0.6 is 23.2 Å². The second-order valence-electron chi connectivity index (χ2n) is 5.61. The summed E-state index contributed by atoms with van der Waals surface area (Å²) in [6.45, 7) is 2.05. The van der Waals surface area contributed by atoms with Crippen LogP contribution in [0.5, 0.6) is 11.5 Å². The first-order chi connectivity index (χ1) is 12.6. The van der Waals surface area contributed by atoms with Crippen molar-refractivity contribution in [2.45, 2.75) is 6.92 Å². The number of nitrogens with zero attached hydrogens (tertiary/aromatic N) is 2. The van der Waals surface area contributed by atoms with E-state index in [4.69, 9.17) is 32.7 Å². The molecule has 2 N–H and O–H groups in total. The van der Waals surface area contributed by atoms with Gasteiger partial charge in [0, 0.05) is 17.8 Å². The molecule has 2 aromatic carbocycles. The Balaban J connectivity index is 1.59. The Morgan fingerprint density at radius 2 is 1.69 bits per heavy atom. The monoisotopic (exact) mass is 388 g/mol. The van der Waals surface area contributed by atoms with Crippen LogP contribution in [0.1, 0.15) is 5.82 Å². The highest BCUT2D eigenvalue weighted by Crippen LogP contribution is 2.35. The molecule has 0 atom stereocenters. The number of nitrogens with one attached hydrogen (secondary N) is 2. The molecule has 0 spiro atoms. The Morgan fingerprint density at radius 3 is 2.54 bits per heavy atom. The Labute approximate surface area is 160 Å². The number of rotatable bonds is 4. The molecule has 26 heavy (non-hydrogen) atoms. The van der Waals surface area contributed by atoms with Crippen molar-refractivity contribution in [3.63, 3.8) is 0 Å². The van der Waals surface area contributed by atoms with Gasteiger partial charge in [0.2, 0.25) is 6.79 Å². The SMILES string of the molecule is Cc1nc(Nc2ccc3c(c2)OCO3)cc(Nc2cccc(Cl)c2Cl)n1. The minimum absolute atomic E-state index is 0.236. The summed E-state index contributed by atoms with van der Waals surface area (Å²) < 4.78 is 10.7. The van der Waals surface area contributed by atoms with Crippen molar-refractivity contribution in [1.82, 2.24) is 9.97 Å². The van der Waals surface area contributed by atoms with Crippen molar-refractivity contribution in [2.24, 2.45) is 0 Å². The molecular weight excluding hydrogens is 375 g/mol. The van der Waals surface area contributed by atoms with E-state index < -0.39 is 0 Å². The second kappa shape index (κ2) is 6.90. The average molecular weight is 389 g/mol. The molecule has 1 aliphatic heterocycles. The van der Waals surface area contributed by atoms with Gasteiger partial charge in [0.25, 0.3) is 0 Å². The largest absolute Gasteiger partial charge is 0.454 e. The van der Waals surface area contributed by atoms with Gasteiger partial charge in [0.1, 0.15) is 17.5 Å². The molecule has 6 nitrogen and oxygen atoms in total. The molecule has 0 saturated heterocycles. The van der Waals surface area contributed by atoms with Crippen LogP contribution in [-0.4, -0.2) is 16.8 Å². The summed E-state index contributed by atoms with van der Waals surface area (Å²) in [6, 6.07) is 12.8. The number of benzene rings is 2. The fourth-order valence-electron chi connectivity index (χ4n) is 2.56. The van der Waals surface area contributed by atoms with Crippen molar-refractivity contribution >= 4 is 46.2 Å². The zero-order valence-corrected chi connectivity index (χ0v) is 15.2. The van der Waals surface area contributed by atoms with E-state index in [1.54, 1.807) is 12.1 Å². The topological polar surface area (TPSA) is 68.3 Å². The molecule has 1 aromatic heterocycles. The third-order valence-corrected chi connectivity index (χ3v) is 4.52. The predicted molar refractivity (Wildman–Crippen MR) is 102 cm³/mol. The molecule has 0 amide bonds. The zero-order valence-electron chi connectivity index (χ0n) is 13.7. The van der Waals surface area contributed by atoms with E-state index in [0.717, 1.165) is 11.4 Å². The number of aryl methyl sites for hydroxylation is 1. The van der Waals surface area contributed by atoms with E-state index in [9.17, 15) is 0 Å². The van der Waals surface area contributed by atoms with Crippen LogP contribution in [0.4, 0.5) is 23.0 Å². The summed E-state index contributed by atoms with van der Waals surface area (Å²) in [6.07, 6.45) is 0. The molecule has 8 heteroatoms. The van der Waals surface area contributed by atoms with Crippen molar-refractivity contribution in [3.8, 4) is 11.5 Å². The average Bonchev–Trinajstić information content (AvgIpc) is 3.06. The van der Waals surface area contributed by atoms with Gasteiger partial charge in [-0.15, -0.1) is 0 Å². The summed E-state index contributed by atoms with van der Waals surface area (Å²) in [5.74, 6) is 3.27. The van der Waals surface area contributed by atoms with Gasteiger partial charge in [-0.2, -0.15) is 0 Å². The third kappa shape index (κ3) is 3.47. The number of hydrogen-bond acceptors (Lipinski definition) is 6. The molecule has 0 saturated carbocycles. The molecule has 0 radical (unpaired) electrons. The van der Waals surface area contributed by atoms with Crippen LogP contribution in [-0.2, 0) is 0 Å². The van der Waals surface area contributed by atoms with Crippen LogP contribution in [0.25, 0.3) is 0 Å². The quantitative estimate of drug-likeness (QED) is 0.631. The highest BCUT2D eigenvalue weighted by Gasteiger charge is 2.14. The lowest BCUT2D eigenvalue weighted by Gasteiger charge is -2.12. The number of anilines is 4. The van der Waals surface area contributed by atoms with Gasteiger partial charge in [-0.25, -0.2) is 9.97 Å². The minimum Gasteiger partial charge on any atom is -0.454 e. The minimum atomic E-state index is 0.236. The second-order valence-corrected chi connectivity index (χ2v) is 6.39. The van der Waals surface area contributed by atoms with E-state index in [0.29, 0.717) is 38.9 Å². The molecular formula is C18H14Cl2N4O2. The smallest absolute Gasteiger partial charge is 0.231 e. The van der Waals surface area contributed by atoms with Crippen LogP contribution in [0.3, 0.4) is 0 Å². The maximum absolute atomic E-state index is 6.23. The number of ether oxygens (including phenoxy) is 2. The van der Waals surface area contributed by atoms with Crippen molar-refractivity contribution in [1.29, 1.82) is 0 Å². The van der Waals surface area contributed by atoms with Gasteiger partial charge in [-0.05, 0) is 31.2 Å². The van der Waals surface area contributed by atoms with Crippen molar-refractivity contribution < 1.29 is 9.47 Å². The molecule has 0 aliphatic carbocycles. The molecule has 2 heterocycles. The lowest BCUT2D eigenvalue weighted by molar-refractivity contribution is 0.174. The van der Waals surface area contributed by atoms with Gasteiger partial charge in [-0.3, -0.25) is 0 Å². The fraction of sp³-hybridized carbons (Fsp3) is 0.111. The van der Waals surface area contributed by atoms with Gasteiger partial charge in [0.15, 0.2) is 11.5 Å². The molecule has 0 bridgehead atoms. The molecule has 0 fully saturated rings. The summed E-state index contributed by atoms with van der Waals surface area (Å²) in [5, 5.41) is 7.32. The lowest BCUT2D eigenvalue weighted by Crippen LogP contribution is -2.02. The maximum Gasteiger partial charge on any atom is 0.231 e. The van der Waals surface area contributed by atoms with E-state index in [-0.39, 0.29) is 6.79 Å². The molecule has 1 aliphatic rings. The molecule has 0 unspecified atom stereocenters. The van der Waals surface area contributed by atoms with Gasteiger partial charge < -0.3 is 20.1 Å². The van der Waals surface area contributed by atoms with Gasteiger partial charge in [0.05, 0.1) is 15.7 Å². The normalized spacial score (nSPS) is 12.1. The molecule has 132 valence electrons. The van der Waals surface area contributed by atoms with E-state index in [1.807, 2.05) is 37.3 Å². The van der Waals surface area contributed by atoms with Crippen LogP contribution in [0.15, 0.2) is 42.5 Å². The van der Waals surface area contributed by atoms with Crippen molar-refractivity contribution in [2.75, 3.05) is 17.4 Å². The first-order valence-electron chi connectivity index (χ1n) is 7.82. The molecule has 3 aromatic rings. The fourth-order valence-corrected chi connectivity index (χ4v) is 2.90. The van der Waals surface area contributed by atoms with E-state index in [1.165, 1.54) is 0 Å². The summed E-state index contributed by atoms with van der Waals surface area (Å²) in [7, 11) is 0. The van der Waals surface area contributed by atoms with Crippen LogP contribution in [0, 0.1) is 6.92 Å². The number of halogens is 2. The Kier molecular flexibility index (Phi) is 4.44. The van der Waals surface area contributed by atoms with Gasteiger partial charge >= 0.3 is 0 Å². The number of aromatic nitrogens is 2. The lowest BCUT2D eigenvalue weighted by atomic mass is 10.2. The van der Waals surface area contributed by atoms with Crippen LogP contribution < -0.4 is 20.1 Å². The third-order valence-electron chi connectivity index (χ3n) is 3.70. The van der Waals surface area contributed by atoms with Gasteiger partial charge in [-0.1, -0.05) is 29.3 Å². The van der Waals surface area contributed by atoms with Crippen LogP contribution in [0.2, 0.25) is 10.0 Å². The number of hydrogen-bond donors (Lipinski definition) is 2. The van der Waals surface area contributed by atoms with E-state index >= 15 is 0 Å². The Morgan fingerprint density at radius 1 is 0.923 bits per heavy atom. The molecule has 4 rings (SSSR count). The summed E-state index contributed by atoms with van der Waals surface area (Å²) in [4.78, 5) is 8.80. The predicted octanol–water partition coefficient (Wildman–Crippen LogP) is 5.31. The summed E-state index contributed by atoms with van der Waals surface area (Å²) in [5.41, 5.74) is 1.50. The Bertz CT molecular complexity index is 981. The zero-order chi connectivity index (χ0) is 18.1. The van der Waals surface area contributed by atoms with Crippen molar-refractivity contribution in [3.05, 3.63) is 58.3 Å². The maximum atomic E-state index is 6.23. The first-order valence-corrected chi connectivity index (χ1v) is 8.57. The Hall–Kier alpha value is -2.70. The number of fused-ring (bicyclic) bond motifs is 1. The highest BCUT2D eigenvalue weighted by atomic mass is 35.5. The first kappa shape index (κ1) is 16.8. The highest BCUT2D eigenvalue weighted by molar-refractivity contribution is 6.43. The summed E-state index contributed by atoms with van der Waals surface area (Å²) >= 11 is 12.3. The standard InChI is InChI=1S/C18H14Cl2N4O2/c1-10-21-16(23-11-5-6-14-15(7-11)26-9-25-14)8-17(22-10)24-13-4-2-3-12(19)18(13)20/h2-8H,9H2,1H3,(H2,21,22,23,24).